The molecule has 0 radical (unpaired) electrons. The number of para-hydroxylation sites is 2. The zero-order valence-corrected chi connectivity index (χ0v) is 18.6. The Bertz CT molecular complexity index is 1220. The van der Waals surface area contributed by atoms with Crippen molar-refractivity contribution in [3.63, 3.8) is 0 Å². The van der Waals surface area contributed by atoms with Crippen LogP contribution in [0.2, 0.25) is 0 Å². The van der Waals surface area contributed by atoms with Gasteiger partial charge in [-0.3, -0.25) is 4.90 Å². The minimum atomic E-state index is 0.309. The van der Waals surface area contributed by atoms with Crippen LogP contribution in [0, 0.1) is 0 Å². The Kier molecular flexibility index (Phi) is 5.03. The average Bonchev–Trinajstić information content (AvgIpc) is 3.25. The van der Waals surface area contributed by atoms with Gasteiger partial charge in [0.1, 0.15) is 11.6 Å². The van der Waals surface area contributed by atoms with Crippen LogP contribution in [0.4, 0.5) is 17.1 Å². The monoisotopic (exact) mass is 442 g/mol. The second kappa shape index (κ2) is 8.33. The van der Waals surface area contributed by atoms with Gasteiger partial charge < -0.3 is 24.4 Å². The lowest BCUT2D eigenvalue weighted by molar-refractivity contribution is 0.172. The molecule has 0 aromatic heterocycles. The predicted octanol–water partition coefficient (Wildman–Crippen LogP) is 4.38. The van der Waals surface area contributed by atoms with Crippen LogP contribution in [0.5, 0.6) is 17.2 Å². The molecule has 0 aliphatic carbocycles. The number of hydrogen-bond donors (Lipinski definition) is 1. The molecule has 0 amide bonds. The summed E-state index contributed by atoms with van der Waals surface area (Å²) in [6.07, 6.45) is 0. The molecule has 0 unspecified atom stereocenters. The number of rotatable bonds is 3. The van der Waals surface area contributed by atoms with Crippen LogP contribution >= 0.6 is 0 Å². The molecule has 3 aliphatic rings. The number of nitrogens with one attached hydrogen (secondary N) is 1. The summed E-state index contributed by atoms with van der Waals surface area (Å²) in [7, 11) is 1.70. The quantitative estimate of drug-likeness (QED) is 0.650. The molecule has 3 aromatic rings. The highest BCUT2D eigenvalue weighted by atomic mass is 16.7. The van der Waals surface area contributed by atoms with E-state index in [9.17, 15) is 0 Å². The third kappa shape index (κ3) is 3.85. The molecule has 168 valence electrons. The van der Waals surface area contributed by atoms with E-state index in [4.69, 9.17) is 19.2 Å². The Hall–Kier alpha value is -3.71. The summed E-state index contributed by atoms with van der Waals surface area (Å²) in [4.78, 5) is 9.97. The van der Waals surface area contributed by atoms with E-state index in [0.717, 1.165) is 78.4 Å². The Morgan fingerprint density at radius 3 is 2.64 bits per heavy atom. The number of aliphatic imine (C=N–C) groups is 1. The Balaban J connectivity index is 1.23. The van der Waals surface area contributed by atoms with Gasteiger partial charge in [-0.25, -0.2) is 4.99 Å². The van der Waals surface area contributed by atoms with E-state index in [-0.39, 0.29) is 0 Å². The third-order valence-corrected chi connectivity index (χ3v) is 6.38. The summed E-state index contributed by atoms with van der Waals surface area (Å²) in [6, 6.07) is 20.5. The van der Waals surface area contributed by atoms with Gasteiger partial charge in [0.05, 0.1) is 18.5 Å². The van der Waals surface area contributed by atoms with E-state index < -0.39 is 0 Å². The number of nitrogens with zero attached hydrogens (tertiary/aromatic N) is 3. The van der Waals surface area contributed by atoms with E-state index in [1.165, 1.54) is 5.56 Å². The molecule has 0 saturated carbocycles. The molecule has 0 spiro atoms. The summed E-state index contributed by atoms with van der Waals surface area (Å²) in [5.41, 5.74) is 5.32. The lowest BCUT2D eigenvalue weighted by Crippen LogP contribution is -2.48. The van der Waals surface area contributed by atoms with Crippen molar-refractivity contribution in [2.75, 3.05) is 45.4 Å². The summed E-state index contributed by atoms with van der Waals surface area (Å²) >= 11 is 0. The maximum Gasteiger partial charge on any atom is 0.231 e. The number of fused-ring (bicyclic) bond motifs is 3. The summed E-state index contributed by atoms with van der Waals surface area (Å²) < 4.78 is 16.5. The number of ether oxygens (including phenoxy) is 3. The van der Waals surface area contributed by atoms with Crippen molar-refractivity contribution >= 4 is 22.9 Å². The first-order chi connectivity index (χ1) is 16.3. The summed E-state index contributed by atoms with van der Waals surface area (Å²) in [6.45, 7) is 4.93. The highest BCUT2D eigenvalue weighted by molar-refractivity contribution is 6.08. The molecule has 1 N–H and O–H groups in total. The molecular formula is C26H26N4O3. The molecule has 33 heavy (non-hydrogen) atoms. The van der Waals surface area contributed by atoms with Crippen molar-refractivity contribution in [1.82, 2.24) is 9.80 Å². The number of anilines is 2. The van der Waals surface area contributed by atoms with Crippen molar-refractivity contribution in [1.29, 1.82) is 0 Å². The van der Waals surface area contributed by atoms with Crippen LogP contribution in [0.3, 0.4) is 0 Å². The minimum Gasteiger partial charge on any atom is -0.497 e. The van der Waals surface area contributed by atoms with E-state index in [2.05, 4.69) is 51.5 Å². The zero-order chi connectivity index (χ0) is 22.2. The van der Waals surface area contributed by atoms with Crippen LogP contribution in [-0.4, -0.2) is 55.7 Å². The number of piperazine rings is 1. The minimum absolute atomic E-state index is 0.309. The highest BCUT2D eigenvalue weighted by Crippen LogP contribution is 2.36. The molecule has 0 atom stereocenters. The van der Waals surface area contributed by atoms with Gasteiger partial charge in [0.15, 0.2) is 11.5 Å². The van der Waals surface area contributed by atoms with Crippen molar-refractivity contribution in [2.24, 2.45) is 4.99 Å². The van der Waals surface area contributed by atoms with Crippen LogP contribution in [-0.2, 0) is 6.54 Å². The fraction of sp³-hybridized carbons (Fsp3) is 0.269. The maximum absolute atomic E-state index is 5.54. The van der Waals surface area contributed by atoms with Crippen LogP contribution < -0.4 is 19.5 Å². The summed E-state index contributed by atoms with van der Waals surface area (Å²) in [5.74, 6) is 3.49. The standard InChI is InChI=1S/C26H26N4O3/c1-31-19-7-8-21-20(15-19)26(28-23-5-3-2-4-22(23)27-21)30-12-10-29(11-13-30)16-18-6-9-24-25(14-18)33-17-32-24/h2-9,14-15,27H,10-13,16-17H2,1H3. The molecule has 1 fully saturated rings. The summed E-state index contributed by atoms with van der Waals surface area (Å²) in [5, 5.41) is 3.56. The molecule has 7 heteroatoms. The normalized spacial score (nSPS) is 16.9. The molecule has 1 saturated heterocycles. The molecule has 3 aliphatic heterocycles. The highest BCUT2D eigenvalue weighted by Gasteiger charge is 2.26. The first-order valence-corrected chi connectivity index (χ1v) is 11.3. The molecule has 0 bridgehead atoms. The van der Waals surface area contributed by atoms with Crippen molar-refractivity contribution in [3.05, 3.63) is 71.8 Å². The molecule has 7 nitrogen and oxygen atoms in total. The number of amidine groups is 1. The van der Waals surface area contributed by atoms with Gasteiger partial charge in [-0.2, -0.15) is 0 Å². The Morgan fingerprint density at radius 2 is 1.76 bits per heavy atom. The predicted molar refractivity (Wildman–Crippen MR) is 128 cm³/mol. The topological polar surface area (TPSA) is 58.6 Å². The van der Waals surface area contributed by atoms with Gasteiger partial charge >= 0.3 is 0 Å². The average molecular weight is 443 g/mol. The fourth-order valence-corrected chi connectivity index (χ4v) is 4.60. The van der Waals surface area contributed by atoms with Gasteiger partial charge in [-0.1, -0.05) is 18.2 Å². The number of hydrogen-bond acceptors (Lipinski definition) is 7. The van der Waals surface area contributed by atoms with E-state index in [1.54, 1.807) is 7.11 Å². The van der Waals surface area contributed by atoms with Crippen molar-refractivity contribution in [2.45, 2.75) is 6.54 Å². The maximum atomic E-state index is 5.54. The van der Waals surface area contributed by atoms with Gasteiger partial charge in [0, 0.05) is 44.0 Å². The van der Waals surface area contributed by atoms with Gasteiger partial charge in [-0.05, 0) is 48.0 Å². The number of methoxy groups -OCH3 is 1. The van der Waals surface area contributed by atoms with E-state index in [0.29, 0.717) is 6.79 Å². The van der Waals surface area contributed by atoms with Gasteiger partial charge in [-0.15, -0.1) is 0 Å². The Labute approximate surface area is 193 Å². The number of benzene rings is 3. The SMILES string of the molecule is COc1ccc2c(c1)C(N1CCN(Cc3ccc4c(c3)OCO4)CC1)=Nc1ccccc1N2. The lowest BCUT2D eigenvalue weighted by Gasteiger charge is -2.36. The van der Waals surface area contributed by atoms with E-state index in [1.807, 2.05) is 24.3 Å². The third-order valence-electron chi connectivity index (χ3n) is 6.38. The second-order valence-corrected chi connectivity index (χ2v) is 8.44. The van der Waals surface area contributed by atoms with Crippen molar-refractivity contribution < 1.29 is 14.2 Å². The first kappa shape index (κ1) is 19.9. The Morgan fingerprint density at radius 1 is 0.909 bits per heavy atom. The van der Waals surface area contributed by atoms with Crippen LogP contribution in [0.25, 0.3) is 0 Å². The molecule has 3 aromatic carbocycles. The van der Waals surface area contributed by atoms with Crippen LogP contribution in [0.1, 0.15) is 11.1 Å². The van der Waals surface area contributed by atoms with Gasteiger partial charge in [0.25, 0.3) is 0 Å². The lowest BCUT2D eigenvalue weighted by atomic mass is 10.1. The second-order valence-electron chi connectivity index (χ2n) is 8.44. The molecule has 3 heterocycles. The van der Waals surface area contributed by atoms with Crippen molar-refractivity contribution in [3.8, 4) is 17.2 Å². The molecule has 6 rings (SSSR count). The van der Waals surface area contributed by atoms with E-state index >= 15 is 0 Å². The fourth-order valence-electron chi connectivity index (χ4n) is 4.60. The first-order valence-electron chi connectivity index (χ1n) is 11.3. The largest absolute Gasteiger partial charge is 0.497 e. The van der Waals surface area contributed by atoms with Crippen LogP contribution in [0.15, 0.2) is 65.7 Å². The molecular weight excluding hydrogens is 416 g/mol. The zero-order valence-electron chi connectivity index (χ0n) is 18.6. The van der Waals surface area contributed by atoms with Gasteiger partial charge in [0.2, 0.25) is 6.79 Å². The smallest absolute Gasteiger partial charge is 0.231 e.